The zero-order valence-electron chi connectivity index (χ0n) is 26.6. The van der Waals surface area contributed by atoms with Crippen LogP contribution in [-0.4, -0.2) is 38.1 Å². The molecule has 0 aliphatic heterocycles. The lowest BCUT2D eigenvalue weighted by Gasteiger charge is -2.07. The van der Waals surface area contributed by atoms with Crippen LogP contribution in [0.25, 0.3) is 73.4 Å². The lowest BCUT2D eigenvalue weighted by Crippen LogP contribution is -1.95. The lowest BCUT2D eigenvalue weighted by atomic mass is 10.0. The summed E-state index contributed by atoms with van der Waals surface area (Å²) in [5.41, 5.74) is 4.33. The molecule has 10 nitrogen and oxygen atoms in total. The van der Waals surface area contributed by atoms with E-state index >= 15 is 0 Å². The number of nitrogens with zero attached hydrogens (tertiary/aromatic N) is 8. The van der Waals surface area contributed by atoms with E-state index in [4.69, 9.17) is 8.83 Å². The molecular weight excluding hydrogens is 702 g/mol. The maximum atomic E-state index is 14.4. The number of pyridine rings is 1. The van der Waals surface area contributed by atoms with Crippen LogP contribution in [0.5, 0.6) is 0 Å². The number of imidazole rings is 3. The molecule has 16 heteroatoms. The van der Waals surface area contributed by atoms with Crippen LogP contribution in [0, 0.1) is 34.9 Å². The Morgan fingerprint density at radius 2 is 1.04 bits per heavy atom. The standard InChI is InChI=1S/C19H9F3N4O.C18H9F3N4O/c20-12-9-14(22)13(21)8-11(12)17-18(26-5-6-27-19(26)25-17)10-1-2-15-16(7-10)24-4-3-23-15;19-12-8-14(21)13(20)7-11(12)16-17(25-5-6-26-18(25)23-16)10-1-2-15-22-3-4-24(15)9-10/h1-9H;1-9H. The van der Waals surface area contributed by atoms with E-state index < -0.39 is 34.9 Å². The van der Waals surface area contributed by atoms with Crippen molar-refractivity contribution in [3.05, 3.63) is 145 Å². The largest absolute Gasteiger partial charge is 0.432 e. The minimum absolute atomic E-state index is 0.133. The van der Waals surface area contributed by atoms with Gasteiger partial charge in [-0.3, -0.25) is 18.8 Å². The minimum atomic E-state index is -1.26. The van der Waals surface area contributed by atoms with Gasteiger partial charge in [-0.2, -0.15) is 9.97 Å². The Kier molecular flexibility index (Phi) is 7.32. The van der Waals surface area contributed by atoms with Gasteiger partial charge in [-0.1, -0.05) is 6.07 Å². The van der Waals surface area contributed by atoms with Crippen molar-refractivity contribution < 1.29 is 35.2 Å². The molecule has 260 valence electrons. The molecule has 0 aliphatic rings. The summed E-state index contributed by atoms with van der Waals surface area (Å²) in [4.78, 5) is 21.2. The van der Waals surface area contributed by atoms with Crippen molar-refractivity contribution in [1.29, 1.82) is 0 Å². The fourth-order valence-electron chi connectivity index (χ4n) is 6.08. The number of aromatic nitrogens is 8. The third kappa shape index (κ3) is 5.35. The first-order chi connectivity index (χ1) is 25.7. The first kappa shape index (κ1) is 31.7. The molecule has 10 aromatic rings. The summed E-state index contributed by atoms with van der Waals surface area (Å²) < 4.78 is 98.5. The van der Waals surface area contributed by atoms with Gasteiger partial charge in [-0.05, 0) is 36.4 Å². The van der Waals surface area contributed by atoms with Crippen molar-refractivity contribution in [1.82, 2.24) is 38.1 Å². The van der Waals surface area contributed by atoms with Gasteiger partial charge in [0.15, 0.2) is 23.3 Å². The molecule has 0 N–H and O–H groups in total. The second-order valence-corrected chi connectivity index (χ2v) is 11.6. The Labute approximate surface area is 291 Å². The van der Waals surface area contributed by atoms with Gasteiger partial charge in [0.2, 0.25) is 0 Å². The molecule has 53 heavy (non-hydrogen) atoms. The molecular formula is C37H18F6N8O2. The number of rotatable bonds is 4. The lowest BCUT2D eigenvalue weighted by molar-refractivity contribution is 0.496. The van der Waals surface area contributed by atoms with Crippen LogP contribution in [0.3, 0.4) is 0 Å². The second-order valence-electron chi connectivity index (χ2n) is 11.6. The van der Waals surface area contributed by atoms with Crippen molar-refractivity contribution in [3.63, 3.8) is 0 Å². The van der Waals surface area contributed by atoms with Crippen LogP contribution in [0.15, 0.2) is 119 Å². The number of hydrogen-bond donors (Lipinski definition) is 0. The SMILES string of the molecule is Fc1cc(F)c(-c2nc3occn3c2-c2ccc3nccn3c2)cc1F.Fc1cc(F)c(-c2nc3occn3c2-c2ccc3nccnc3c2)cc1F. The van der Waals surface area contributed by atoms with Gasteiger partial charge in [-0.15, -0.1) is 0 Å². The first-order valence-electron chi connectivity index (χ1n) is 15.6. The van der Waals surface area contributed by atoms with Crippen LogP contribution < -0.4 is 0 Å². The maximum Gasteiger partial charge on any atom is 0.306 e. The molecule has 0 saturated carbocycles. The summed E-state index contributed by atoms with van der Waals surface area (Å²) in [6.07, 6.45) is 14.5. The van der Waals surface area contributed by atoms with Gasteiger partial charge in [0.25, 0.3) is 0 Å². The van der Waals surface area contributed by atoms with E-state index in [-0.39, 0.29) is 34.2 Å². The normalized spacial score (nSPS) is 11.6. The minimum Gasteiger partial charge on any atom is -0.432 e. The highest BCUT2D eigenvalue weighted by atomic mass is 19.2. The van der Waals surface area contributed by atoms with Crippen LogP contribution in [0.4, 0.5) is 26.3 Å². The molecule has 0 fully saturated rings. The van der Waals surface area contributed by atoms with E-state index in [1.54, 1.807) is 86.9 Å². The van der Waals surface area contributed by atoms with Gasteiger partial charge in [0.05, 0.1) is 22.4 Å². The van der Waals surface area contributed by atoms with Crippen molar-refractivity contribution in [2.24, 2.45) is 0 Å². The Morgan fingerprint density at radius 1 is 0.491 bits per heavy atom. The number of fused-ring (bicyclic) bond motifs is 4. The van der Waals surface area contributed by atoms with E-state index in [0.717, 1.165) is 17.8 Å². The predicted molar refractivity (Wildman–Crippen MR) is 178 cm³/mol. The van der Waals surface area contributed by atoms with Gasteiger partial charge >= 0.3 is 11.7 Å². The van der Waals surface area contributed by atoms with Crippen LogP contribution >= 0.6 is 0 Å². The van der Waals surface area contributed by atoms with Crippen LogP contribution in [0.2, 0.25) is 0 Å². The highest BCUT2D eigenvalue weighted by molar-refractivity contribution is 5.87. The summed E-state index contributed by atoms with van der Waals surface area (Å²) in [6.45, 7) is 0. The number of hydrogen-bond acceptors (Lipinski definition) is 7. The summed E-state index contributed by atoms with van der Waals surface area (Å²) in [6, 6.07) is 11.5. The molecule has 0 radical (unpaired) electrons. The molecule has 0 bridgehead atoms. The van der Waals surface area contributed by atoms with Gasteiger partial charge in [0, 0.05) is 77.8 Å². The molecule has 0 aliphatic carbocycles. The van der Waals surface area contributed by atoms with E-state index in [0.29, 0.717) is 45.7 Å². The average molecular weight is 721 g/mol. The van der Waals surface area contributed by atoms with Crippen LogP contribution in [-0.2, 0) is 0 Å². The smallest absolute Gasteiger partial charge is 0.306 e. The van der Waals surface area contributed by atoms with E-state index in [2.05, 4.69) is 24.9 Å². The number of halogens is 6. The fourth-order valence-corrected chi connectivity index (χ4v) is 6.08. The van der Waals surface area contributed by atoms with E-state index in [9.17, 15) is 26.3 Å². The Morgan fingerprint density at radius 3 is 1.66 bits per heavy atom. The van der Waals surface area contributed by atoms with E-state index in [1.165, 1.54) is 12.5 Å². The molecule has 7 aromatic heterocycles. The van der Waals surface area contributed by atoms with Crippen molar-refractivity contribution in [3.8, 4) is 45.0 Å². The summed E-state index contributed by atoms with van der Waals surface area (Å²) in [7, 11) is 0. The second kappa shape index (κ2) is 12.2. The molecule has 0 spiro atoms. The summed E-state index contributed by atoms with van der Waals surface area (Å²) in [5, 5.41) is 0. The first-order valence-corrected chi connectivity index (χ1v) is 15.6. The number of benzene rings is 3. The molecule has 3 aromatic carbocycles. The zero-order valence-corrected chi connectivity index (χ0v) is 26.6. The number of oxazole rings is 2. The molecule has 7 heterocycles. The Hall–Kier alpha value is -7.23. The predicted octanol–water partition coefficient (Wildman–Crippen LogP) is 8.95. The third-order valence-corrected chi connectivity index (χ3v) is 8.46. The molecule has 0 atom stereocenters. The van der Waals surface area contributed by atoms with Crippen molar-refractivity contribution in [2.75, 3.05) is 0 Å². The molecule has 0 amide bonds. The highest BCUT2D eigenvalue weighted by Crippen LogP contribution is 2.37. The average Bonchev–Trinajstić information content (AvgIpc) is 3.99. The fraction of sp³-hybridized carbons (Fsp3) is 0. The molecule has 0 saturated heterocycles. The summed E-state index contributed by atoms with van der Waals surface area (Å²) >= 11 is 0. The van der Waals surface area contributed by atoms with Crippen LogP contribution in [0.1, 0.15) is 0 Å². The topological polar surface area (TPSA) is 104 Å². The quantitative estimate of drug-likeness (QED) is 0.132. The van der Waals surface area contributed by atoms with Gasteiger partial charge in [-0.25, -0.2) is 31.3 Å². The van der Waals surface area contributed by atoms with Crippen molar-refractivity contribution in [2.45, 2.75) is 0 Å². The molecule has 0 unspecified atom stereocenters. The molecule has 10 rings (SSSR count). The summed E-state index contributed by atoms with van der Waals surface area (Å²) in [5.74, 6) is -6.25. The van der Waals surface area contributed by atoms with Crippen molar-refractivity contribution >= 4 is 28.4 Å². The maximum absolute atomic E-state index is 14.4. The highest BCUT2D eigenvalue weighted by Gasteiger charge is 2.24. The Bertz CT molecular complexity index is 3020. The zero-order chi connectivity index (χ0) is 36.4. The van der Waals surface area contributed by atoms with E-state index in [1.807, 2.05) is 0 Å². The third-order valence-electron chi connectivity index (χ3n) is 8.46. The van der Waals surface area contributed by atoms with Gasteiger partial charge < -0.3 is 13.2 Å². The monoisotopic (exact) mass is 720 g/mol. The Balaban J connectivity index is 0.000000141. The van der Waals surface area contributed by atoms with Gasteiger partial charge in [0.1, 0.15) is 41.2 Å².